The molecule has 0 aromatic carbocycles. The SMILES string of the molecule is CCN1CCN(CCC(=O)N2CCN([C@@H](C#N)C(C)C)CC2)CC1. The zero-order chi connectivity index (χ0) is 17.5. The van der Waals surface area contributed by atoms with E-state index in [0.717, 1.165) is 65.4 Å². The molecule has 2 rings (SSSR count). The van der Waals surface area contributed by atoms with Crippen LogP contribution < -0.4 is 0 Å². The number of piperazine rings is 2. The number of nitrogens with zero attached hydrogens (tertiary/aromatic N) is 5. The van der Waals surface area contributed by atoms with Gasteiger partial charge >= 0.3 is 0 Å². The van der Waals surface area contributed by atoms with Gasteiger partial charge in [-0.25, -0.2) is 0 Å². The van der Waals surface area contributed by atoms with Crippen LogP contribution in [0.3, 0.4) is 0 Å². The van der Waals surface area contributed by atoms with Crippen LogP contribution in [0, 0.1) is 17.2 Å². The minimum atomic E-state index is -0.0305. The van der Waals surface area contributed by atoms with Gasteiger partial charge in [0.05, 0.1) is 6.07 Å². The van der Waals surface area contributed by atoms with Crippen molar-refractivity contribution in [2.45, 2.75) is 33.2 Å². The molecule has 2 heterocycles. The standard InChI is InChI=1S/C18H33N5O/c1-4-20-7-9-21(10-8-20)6-5-18(24)23-13-11-22(12-14-23)17(15-19)16(2)3/h16-17H,4-14H2,1-3H3/t17-/m0/s1. The summed E-state index contributed by atoms with van der Waals surface area (Å²) in [6, 6.07) is 2.37. The van der Waals surface area contributed by atoms with E-state index < -0.39 is 0 Å². The summed E-state index contributed by atoms with van der Waals surface area (Å²) in [6.07, 6.45) is 0.623. The molecular weight excluding hydrogens is 302 g/mol. The van der Waals surface area contributed by atoms with Crippen molar-refractivity contribution >= 4 is 5.91 Å². The van der Waals surface area contributed by atoms with Gasteiger partial charge in [0.15, 0.2) is 0 Å². The van der Waals surface area contributed by atoms with E-state index in [0.29, 0.717) is 12.3 Å². The Morgan fingerprint density at radius 3 is 2.08 bits per heavy atom. The molecule has 2 saturated heterocycles. The van der Waals surface area contributed by atoms with Gasteiger partial charge in [-0.3, -0.25) is 9.69 Å². The number of likely N-dealkylation sites (N-methyl/N-ethyl adjacent to an activating group) is 1. The van der Waals surface area contributed by atoms with Crippen molar-refractivity contribution in [2.75, 3.05) is 65.4 Å². The average molecular weight is 335 g/mol. The zero-order valence-corrected chi connectivity index (χ0v) is 15.6. The Kier molecular flexibility index (Phi) is 7.47. The van der Waals surface area contributed by atoms with Gasteiger partial charge in [-0.2, -0.15) is 5.26 Å². The maximum Gasteiger partial charge on any atom is 0.223 e. The van der Waals surface area contributed by atoms with Gasteiger partial charge in [0.1, 0.15) is 6.04 Å². The predicted molar refractivity (Wildman–Crippen MR) is 95.6 cm³/mol. The fourth-order valence-electron chi connectivity index (χ4n) is 3.64. The second-order valence-corrected chi connectivity index (χ2v) is 7.26. The summed E-state index contributed by atoms with van der Waals surface area (Å²) in [5, 5.41) is 9.31. The molecule has 6 heteroatoms. The molecule has 0 aliphatic carbocycles. The highest BCUT2D eigenvalue weighted by Gasteiger charge is 2.27. The van der Waals surface area contributed by atoms with Crippen LogP contribution >= 0.6 is 0 Å². The summed E-state index contributed by atoms with van der Waals surface area (Å²) < 4.78 is 0. The third-order valence-electron chi connectivity index (χ3n) is 5.38. The lowest BCUT2D eigenvalue weighted by molar-refractivity contribution is -0.133. The molecule has 24 heavy (non-hydrogen) atoms. The first-order chi connectivity index (χ1) is 11.5. The van der Waals surface area contributed by atoms with Crippen molar-refractivity contribution in [3.63, 3.8) is 0 Å². The summed E-state index contributed by atoms with van der Waals surface area (Å²) in [5.41, 5.74) is 0. The molecule has 0 bridgehead atoms. The number of hydrogen-bond acceptors (Lipinski definition) is 5. The second kappa shape index (κ2) is 9.36. The molecule has 2 aliphatic heterocycles. The van der Waals surface area contributed by atoms with E-state index in [9.17, 15) is 10.1 Å². The summed E-state index contributed by atoms with van der Waals surface area (Å²) in [5.74, 6) is 0.602. The normalized spacial score (nSPS) is 22.5. The maximum absolute atomic E-state index is 12.4. The van der Waals surface area contributed by atoms with Gasteiger partial charge in [0.2, 0.25) is 5.91 Å². The molecule has 1 atom stereocenters. The van der Waals surface area contributed by atoms with Crippen LogP contribution in [0.1, 0.15) is 27.2 Å². The Morgan fingerprint density at radius 2 is 1.58 bits per heavy atom. The van der Waals surface area contributed by atoms with Crippen LogP contribution in [0.4, 0.5) is 0 Å². The Balaban J connectivity index is 1.69. The number of carbonyl (C=O) groups is 1. The molecule has 2 aliphatic rings. The van der Waals surface area contributed by atoms with E-state index in [1.54, 1.807) is 0 Å². The summed E-state index contributed by atoms with van der Waals surface area (Å²) in [7, 11) is 0. The first kappa shape index (κ1) is 19.2. The first-order valence-corrected chi connectivity index (χ1v) is 9.41. The number of hydrogen-bond donors (Lipinski definition) is 0. The third-order valence-corrected chi connectivity index (χ3v) is 5.38. The van der Waals surface area contributed by atoms with Crippen LogP contribution in [0.15, 0.2) is 0 Å². The van der Waals surface area contributed by atoms with Crippen molar-refractivity contribution in [1.29, 1.82) is 5.26 Å². The van der Waals surface area contributed by atoms with E-state index in [2.05, 4.69) is 41.5 Å². The van der Waals surface area contributed by atoms with Gasteiger partial charge in [0, 0.05) is 65.3 Å². The van der Waals surface area contributed by atoms with Gasteiger partial charge in [-0.15, -0.1) is 0 Å². The van der Waals surface area contributed by atoms with Crippen molar-refractivity contribution in [2.24, 2.45) is 5.92 Å². The lowest BCUT2D eigenvalue weighted by Gasteiger charge is -2.38. The second-order valence-electron chi connectivity index (χ2n) is 7.26. The molecule has 2 fully saturated rings. The lowest BCUT2D eigenvalue weighted by Crippen LogP contribution is -2.53. The van der Waals surface area contributed by atoms with Gasteiger partial charge in [0.25, 0.3) is 0 Å². The summed E-state index contributed by atoms with van der Waals surface area (Å²) >= 11 is 0. The van der Waals surface area contributed by atoms with Crippen LogP contribution in [0.2, 0.25) is 0 Å². The number of rotatable bonds is 6. The topological polar surface area (TPSA) is 53.8 Å². The molecule has 1 amide bonds. The average Bonchev–Trinajstić information content (AvgIpc) is 2.61. The first-order valence-electron chi connectivity index (χ1n) is 9.41. The van der Waals surface area contributed by atoms with Crippen molar-refractivity contribution in [1.82, 2.24) is 19.6 Å². The Bertz CT molecular complexity index is 431. The molecule has 0 spiro atoms. The number of amides is 1. The monoisotopic (exact) mass is 335 g/mol. The molecule has 0 radical (unpaired) electrons. The zero-order valence-electron chi connectivity index (χ0n) is 15.6. The Hall–Kier alpha value is -1.16. The smallest absolute Gasteiger partial charge is 0.223 e. The summed E-state index contributed by atoms with van der Waals surface area (Å²) in [6.45, 7) is 15.9. The van der Waals surface area contributed by atoms with Crippen molar-refractivity contribution in [3.05, 3.63) is 0 Å². The Morgan fingerprint density at radius 1 is 1.00 bits per heavy atom. The van der Waals surface area contributed by atoms with Crippen molar-refractivity contribution < 1.29 is 4.79 Å². The molecule has 0 N–H and O–H groups in total. The molecule has 0 saturated carbocycles. The number of nitriles is 1. The van der Waals surface area contributed by atoms with Crippen LogP contribution in [0.5, 0.6) is 0 Å². The van der Waals surface area contributed by atoms with Crippen LogP contribution in [-0.4, -0.2) is 97.0 Å². The fourth-order valence-corrected chi connectivity index (χ4v) is 3.64. The fraction of sp³-hybridized carbons (Fsp3) is 0.889. The van der Waals surface area contributed by atoms with Crippen LogP contribution in [-0.2, 0) is 4.79 Å². The largest absolute Gasteiger partial charge is 0.340 e. The minimum Gasteiger partial charge on any atom is -0.340 e. The van der Waals surface area contributed by atoms with Crippen molar-refractivity contribution in [3.8, 4) is 6.07 Å². The quantitative estimate of drug-likeness (QED) is 0.715. The predicted octanol–water partition coefficient (Wildman–Crippen LogP) is 0.706. The molecule has 0 aromatic rings. The highest BCUT2D eigenvalue weighted by atomic mass is 16.2. The van der Waals surface area contributed by atoms with Crippen LogP contribution in [0.25, 0.3) is 0 Å². The highest BCUT2D eigenvalue weighted by Crippen LogP contribution is 2.14. The number of carbonyl (C=O) groups excluding carboxylic acids is 1. The third kappa shape index (κ3) is 5.17. The molecule has 136 valence electrons. The van der Waals surface area contributed by atoms with Gasteiger partial charge < -0.3 is 14.7 Å². The van der Waals surface area contributed by atoms with E-state index in [1.165, 1.54) is 0 Å². The van der Waals surface area contributed by atoms with E-state index in [-0.39, 0.29) is 11.9 Å². The molecule has 0 aromatic heterocycles. The molecule has 0 unspecified atom stereocenters. The van der Waals surface area contributed by atoms with Gasteiger partial charge in [-0.1, -0.05) is 20.8 Å². The minimum absolute atomic E-state index is 0.0305. The molecular formula is C18H33N5O. The highest BCUT2D eigenvalue weighted by molar-refractivity contribution is 5.76. The van der Waals surface area contributed by atoms with E-state index in [4.69, 9.17) is 0 Å². The summed E-state index contributed by atoms with van der Waals surface area (Å²) in [4.78, 5) is 21.5. The van der Waals surface area contributed by atoms with E-state index >= 15 is 0 Å². The van der Waals surface area contributed by atoms with Gasteiger partial charge in [-0.05, 0) is 12.5 Å². The Labute approximate surface area is 147 Å². The lowest BCUT2D eigenvalue weighted by atomic mass is 10.0. The van der Waals surface area contributed by atoms with E-state index in [1.807, 2.05) is 4.90 Å². The maximum atomic E-state index is 12.4. The molecule has 6 nitrogen and oxygen atoms in total.